The van der Waals surface area contributed by atoms with Gasteiger partial charge in [0.05, 0.1) is 24.8 Å². The SMILES string of the molecule is CCOc1ccc(CCC[C@@H](C(=O)N[C@H](C2=NC(c3ccco3)ON2)C(C)(C)C)[C@H](O)C(=O)NO)cc1. The normalized spacial score (nSPS) is 17.8. The highest BCUT2D eigenvalue weighted by Gasteiger charge is 2.39. The van der Waals surface area contributed by atoms with Crippen molar-refractivity contribution in [1.82, 2.24) is 16.3 Å². The number of hydroxylamine groups is 2. The van der Waals surface area contributed by atoms with Crippen molar-refractivity contribution < 1.29 is 33.9 Å². The van der Waals surface area contributed by atoms with Crippen LogP contribution < -0.4 is 21.0 Å². The molecular weight excluding hydrogens is 480 g/mol. The molecule has 202 valence electrons. The van der Waals surface area contributed by atoms with Gasteiger partial charge in [-0.2, -0.15) is 0 Å². The first-order chi connectivity index (χ1) is 17.6. The van der Waals surface area contributed by atoms with Crippen molar-refractivity contribution in [1.29, 1.82) is 0 Å². The number of carbonyl (C=O) groups is 2. The summed E-state index contributed by atoms with van der Waals surface area (Å²) in [4.78, 5) is 35.5. The summed E-state index contributed by atoms with van der Waals surface area (Å²) in [5.74, 6) is -1.04. The number of rotatable bonds is 12. The first-order valence-electron chi connectivity index (χ1n) is 12.3. The standard InChI is InChI=1S/C26H36N4O7/c1-5-35-17-13-11-16(12-14-17)8-6-9-18(20(31)24(33)29-34)23(32)27-21(26(2,3)4)22-28-25(37-30-22)19-10-7-15-36-19/h7,10-15,18,20-21,25,31,34H,5-6,8-9H2,1-4H3,(H,27,32)(H,28,30)(H,29,33)/t18-,20+,21-,25?/m1/s1. The first-order valence-corrected chi connectivity index (χ1v) is 12.3. The molecule has 2 amide bonds. The molecule has 1 aliphatic rings. The maximum Gasteiger partial charge on any atom is 0.272 e. The van der Waals surface area contributed by atoms with Crippen LogP contribution in [-0.4, -0.2) is 46.7 Å². The van der Waals surface area contributed by atoms with E-state index in [0.29, 0.717) is 31.0 Å². The van der Waals surface area contributed by atoms with E-state index in [1.165, 1.54) is 11.7 Å². The third kappa shape index (κ3) is 7.54. The highest BCUT2D eigenvalue weighted by Crippen LogP contribution is 2.28. The van der Waals surface area contributed by atoms with E-state index in [2.05, 4.69) is 15.8 Å². The van der Waals surface area contributed by atoms with Crippen LogP contribution in [0.25, 0.3) is 0 Å². The van der Waals surface area contributed by atoms with E-state index >= 15 is 0 Å². The predicted octanol–water partition coefficient (Wildman–Crippen LogP) is 2.65. The van der Waals surface area contributed by atoms with E-state index < -0.39 is 41.5 Å². The summed E-state index contributed by atoms with van der Waals surface area (Å²) in [5.41, 5.74) is 4.74. The van der Waals surface area contributed by atoms with Crippen molar-refractivity contribution in [3.05, 3.63) is 54.0 Å². The molecule has 37 heavy (non-hydrogen) atoms. The Hall–Kier alpha value is -3.41. The molecule has 1 aromatic heterocycles. The molecule has 0 bridgehead atoms. The van der Waals surface area contributed by atoms with Crippen LogP contribution in [0.2, 0.25) is 0 Å². The smallest absolute Gasteiger partial charge is 0.272 e. The fourth-order valence-electron chi connectivity index (χ4n) is 4.05. The van der Waals surface area contributed by atoms with Crippen LogP contribution in [-0.2, 0) is 20.8 Å². The lowest BCUT2D eigenvalue weighted by Gasteiger charge is -2.33. The molecule has 0 radical (unpaired) electrons. The molecule has 2 aromatic rings. The minimum Gasteiger partial charge on any atom is -0.494 e. The summed E-state index contributed by atoms with van der Waals surface area (Å²) in [6.07, 6.45) is 0.417. The molecule has 3 rings (SSSR count). The number of aliphatic imine (C=N–C) groups is 1. The van der Waals surface area contributed by atoms with Gasteiger partial charge in [0.25, 0.3) is 5.91 Å². The van der Waals surface area contributed by atoms with Gasteiger partial charge in [-0.15, -0.1) is 0 Å². The fraction of sp³-hybridized carbons (Fsp3) is 0.500. The number of ether oxygens (including phenoxy) is 1. The number of hydrogen-bond acceptors (Lipinski definition) is 9. The number of nitrogens with zero attached hydrogens (tertiary/aromatic N) is 1. The molecule has 4 atom stereocenters. The van der Waals surface area contributed by atoms with Crippen LogP contribution in [0.4, 0.5) is 0 Å². The van der Waals surface area contributed by atoms with Gasteiger partial charge in [-0.3, -0.25) is 14.8 Å². The van der Waals surface area contributed by atoms with Crippen LogP contribution >= 0.6 is 0 Å². The number of benzene rings is 1. The van der Waals surface area contributed by atoms with Crippen LogP contribution in [0.3, 0.4) is 0 Å². The number of aliphatic hydroxyl groups is 1. The molecular formula is C26H36N4O7. The van der Waals surface area contributed by atoms with E-state index in [-0.39, 0.29) is 6.42 Å². The van der Waals surface area contributed by atoms with Gasteiger partial charge in [0, 0.05) is 0 Å². The number of hydrogen-bond donors (Lipinski definition) is 5. The summed E-state index contributed by atoms with van der Waals surface area (Å²) in [7, 11) is 0. The van der Waals surface area contributed by atoms with Crippen LogP contribution in [0, 0.1) is 11.3 Å². The number of nitrogens with one attached hydrogen (secondary N) is 3. The number of amidine groups is 1. The summed E-state index contributed by atoms with van der Waals surface area (Å²) < 4.78 is 10.8. The molecule has 0 saturated heterocycles. The Morgan fingerprint density at radius 3 is 2.51 bits per heavy atom. The second-order valence-electron chi connectivity index (χ2n) is 9.91. The third-order valence-corrected chi connectivity index (χ3v) is 6.06. The summed E-state index contributed by atoms with van der Waals surface area (Å²) >= 11 is 0. The van der Waals surface area contributed by atoms with Crippen LogP contribution in [0.5, 0.6) is 5.75 Å². The monoisotopic (exact) mass is 516 g/mol. The Kier molecular flexibility index (Phi) is 9.67. The maximum absolute atomic E-state index is 13.4. The largest absolute Gasteiger partial charge is 0.494 e. The van der Waals surface area contributed by atoms with Gasteiger partial charge < -0.3 is 19.6 Å². The zero-order valence-electron chi connectivity index (χ0n) is 21.6. The van der Waals surface area contributed by atoms with E-state index in [9.17, 15) is 14.7 Å². The average Bonchev–Trinajstić information content (AvgIpc) is 3.57. The Bertz CT molecular complexity index is 1050. The molecule has 0 spiro atoms. The Morgan fingerprint density at radius 1 is 1.19 bits per heavy atom. The topological polar surface area (TPSA) is 155 Å². The molecule has 0 fully saturated rings. The molecule has 11 heteroatoms. The van der Waals surface area contributed by atoms with Gasteiger partial charge in [0.15, 0.2) is 5.76 Å². The number of furan rings is 1. The molecule has 2 heterocycles. The lowest BCUT2D eigenvalue weighted by molar-refractivity contribution is -0.146. The van der Waals surface area contributed by atoms with Gasteiger partial charge in [-0.1, -0.05) is 32.9 Å². The van der Waals surface area contributed by atoms with Crippen LogP contribution in [0.1, 0.15) is 58.1 Å². The van der Waals surface area contributed by atoms with Crippen molar-refractivity contribution in [2.45, 2.75) is 65.3 Å². The first kappa shape index (κ1) is 28.2. The zero-order chi connectivity index (χ0) is 27.0. The molecule has 0 aliphatic carbocycles. The van der Waals surface area contributed by atoms with Crippen molar-refractivity contribution in [2.24, 2.45) is 16.3 Å². The van der Waals surface area contributed by atoms with Gasteiger partial charge in [-0.05, 0) is 61.4 Å². The van der Waals surface area contributed by atoms with E-state index in [4.69, 9.17) is 19.2 Å². The van der Waals surface area contributed by atoms with E-state index in [0.717, 1.165) is 11.3 Å². The number of carbonyl (C=O) groups excluding carboxylic acids is 2. The Labute approximate surface area is 216 Å². The van der Waals surface area contributed by atoms with E-state index in [1.807, 2.05) is 52.0 Å². The number of aliphatic hydroxyl groups excluding tert-OH is 1. The molecule has 5 N–H and O–H groups in total. The Balaban J connectivity index is 1.71. The second-order valence-corrected chi connectivity index (χ2v) is 9.91. The van der Waals surface area contributed by atoms with Crippen molar-refractivity contribution >= 4 is 17.6 Å². The lowest BCUT2D eigenvalue weighted by Crippen LogP contribution is -2.55. The molecule has 0 saturated carbocycles. The maximum atomic E-state index is 13.4. The summed E-state index contributed by atoms with van der Waals surface area (Å²) in [5, 5.41) is 22.5. The minimum absolute atomic E-state index is 0.204. The van der Waals surface area contributed by atoms with Crippen molar-refractivity contribution in [3.8, 4) is 5.75 Å². The van der Waals surface area contributed by atoms with E-state index in [1.54, 1.807) is 12.1 Å². The van der Waals surface area contributed by atoms with Crippen molar-refractivity contribution in [3.63, 3.8) is 0 Å². The van der Waals surface area contributed by atoms with Gasteiger partial charge >= 0.3 is 0 Å². The average molecular weight is 517 g/mol. The quantitative estimate of drug-likeness (QED) is 0.213. The highest BCUT2D eigenvalue weighted by molar-refractivity contribution is 5.94. The van der Waals surface area contributed by atoms with Crippen molar-refractivity contribution in [2.75, 3.05) is 6.61 Å². The predicted molar refractivity (Wildman–Crippen MR) is 134 cm³/mol. The van der Waals surface area contributed by atoms with Crippen LogP contribution in [0.15, 0.2) is 52.1 Å². The number of amides is 2. The Morgan fingerprint density at radius 2 is 1.92 bits per heavy atom. The highest BCUT2D eigenvalue weighted by atomic mass is 16.7. The molecule has 11 nitrogen and oxygen atoms in total. The molecule has 1 aromatic carbocycles. The second kappa shape index (κ2) is 12.7. The fourth-order valence-corrected chi connectivity index (χ4v) is 4.05. The minimum atomic E-state index is -1.74. The van der Waals surface area contributed by atoms with Gasteiger partial charge in [0.2, 0.25) is 12.1 Å². The number of aryl methyl sites for hydroxylation is 1. The van der Waals surface area contributed by atoms with Gasteiger partial charge in [-0.25, -0.2) is 20.8 Å². The lowest BCUT2D eigenvalue weighted by atomic mass is 9.84. The molecule has 1 unspecified atom stereocenters. The van der Waals surface area contributed by atoms with Gasteiger partial charge in [0.1, 0.15) is 17.7 Å². The summed E-state index contributed by atoms with van der Waals surface area (Å²) in [6.45, 7) is 8.24. The summed E-state index contributed by atoms with van der Waals surface area (Å²) in [6, 6.07) is 10.4. The molecule has 1 aliphatic heterocycles. The zero-order valence-corrected chi connectivity index (χ0v) is 21.6. The third-order valence-electron chi connectivity index (χ3n) is 6.06.